The maximum atomic E-state index is 4.30. The van der Waals surface area contributed by atoms with Crippen molar-refractivity contribution in [1.82, 2.24) is 4.98 Å². The van der Waals surface area contributed by atoms with E-state index in [2.05, 4.69) is 55.3 Å². The van der Waals surface area contributed by atoms with Crippen molar-refractivity contribution >= 4 is 5.69 Å². The molecule has 0 amide bonds. The van der Waals surface area contributed by atoms with Crippen LogP contribution < -0.4 is 5.32 Å². The Morgan fingerprint density at radius 2 is 1.89 bits per heavy atom. The van der Waals surface area contributed by atoms with Crippen LogP contribution in [0.15, 0.2) is 36.5 Å². The van der Waals surface area contributed by atoms with Gasteiger partial charge in [0.05, 0.1) is 11.4 Å². The summed E-state index contributed by atoms with van der Waals surface area (Å²) in [4.78, 5) is 4.30. The molecule has 0 radical (unpaired) electrons. The standard InChI is InChI=1S/C16H20N2/c1-11-7-8-12(2)15(10-11)13(3)18-16-6-5-9-17-14(16)4/h5-10,13,18H,1-4H3. The summed E-state index contributed by atoms with van der Waals surface area (Å²) in [6.07, 6.45) is 1.82. The largest absolute Gasteiger partial charge is 0.377 e. The van der Waals surface area contributed by atoms with Crippen LogP contribution in [0.2, 0.25) is 0 Å². The molecule has 0 aliphatic rings. The zero-order valence-corrected chi connectivity index (χ0v) is 11.5. The highest BCUT2D eigenvalue weighted by Gasteiger charge is 2.09. The summed E-state index contributed by atoms with van der Waals surface area (Å²) >= 11 is 0. The van der Waals surface area contributed by atoms with Crippen LogP contribution in [0.4, 0.5) is 5.69 Å². The van der Waals surface area contributed by atoms with Gasteiger partial charge in [-0.05, 0) is 51.0 Å². The number of rotatable bonds is 3. The first-order valence-corrected chi connectivity index (χ1v) is 6.33. The van der Waals surface area contributed by atoms with Gasteiger partial charge in [0, 0.05) is 12.2 Å². The van der Waals surface area contributed by atoms with Crippen molar-refractivity contribution in [2.75, 3.05) is 5.32 Å². The molecular weight excluding hydrogens is 220 g/mol. The van der Waals surface area contributed by atoms with Gasteiger partial charge in [0.15, 0.2) is 0 Å². The second-order valence-electron chi connectivity index (χ2n) is 4.86. The van der Waals surface area contributed by atoms with Crippen LogP contribution in [0.25, 0.3) is 0 Å². The number of nitrogens with zero attached hydrogens (tertiary/aromatic N) is 1. The van der Waals surface area contributed by atoms with E-state index in [1.807, 2.05) is 19.2 Å². The van der Waals surface area contributed by atoms with Crippen molar-refractivity contribution in [2.24, 2.45) is 0 Å². The lowest BCUT2D eigenvalue weighted by Gasteiger charge is -2.19. The molecule has 0 fully saturated rings. The molecule has 0 spiro atoms. The van der Waals surface area contributed by atoms with Crippen LogP contribution in [-0.4, -0.2) is 4.98 Å². The summed E-state index contributed by atoms with van der Waals surface area (Å²) < 4.78 is 0. The number of aromatic nitrogens is 1. The summed E-state index contributed by atoms with van der Waals surface area (Å²) in [6.45, 7) is 8.50. The Morgan fingerprint density at radius 3 is 2.61 bits per heavy atom. The molecule has 18 heavy (non-hydrogen) atoms. The van der Waals surface area contributed by atoms with Gasteiger partial charge >= 0.3 is 0 Å². The predicted octanol–water partition coefficient (Wildman–Crippen LogP) is 4.18. The molecule has 2 rings (SSSR count). The van der Waals surface area contributed by atoms with Crippen molar-refractivity contribution < 1.29 is 0 Å². The first kappa shape index (κ1) is 12.6. The number of benzene rings is 1. The van der Waals surface area contributed by atoms with Crippen molar-refractivity contribution in [3.05, 3.63) is 58.9 Å². The van der Waals surface area contributed by atoms with Gasteiger partial charge in [-0.25, -0.2) is 0 Å². The van der Waals surface area contributed by atoms with Gasteiger partial charge in [-0.3, -0.25) is 4.98 Å². The van der Waals surface area contributed by atoms with E-state index in [0.717, 1.165) is 11.4 Å². The van der Waals surface area contributed by atoms with E-state index in [0.29, 0.717) is 0 Å². The van der Waals surface area contributed by atoms with Crippen molar-refractivity contribution in [2.45, 2.75) is 33.7 Å². The second kappa shape index (κ2) is 5.21. The molecule has 2 aromatic rings. The number of anilines is 1. The molecule has 1 aromatic heterocycles. The molecule has 0 aliphatic heterocycles. The fourth-order valence-electron chi connectivity index (χ4n) is 2.17. The van der Waals surface area contributed by atoms with Gasteiger partial charge in [-0.2, -0.15) is 0 Å². The lowest BCUT2D eigenvalue weighted by atomic mass is 10.00. The van der Waals surface area contributed by atoms with E-state index in [1.54, 1.807) is 0 Å². The number of nitrogens with one attached hydrogen (secondary N) is 1. The summed E-state index contributed by atoms with van der Waals surface area (Å²) in [6, 6.07) is 10.9. The van der Waals surface area contributed by atoms with E-state index < -0.39 is 0 Å². The van der Waals surface area contributed by atoms with Gasteiger partial charge in [0.1, 0.15) is 0 Å². The van der Waals surface area contributed by atoms with E-state index >= 15 is 0 Å². The highest BCUT2D eigenvalue weighted by atomic mass is 14.9. The topological polar surface area (TPSA) is 24.9 Å². The first-order chi connectivity index (χ1) is 8.58. The average molecular weight is 240 g/mol. The lowest BCUT2D eigenvalue weighted by Crippen LogP contribution is -2.09. The van der Waals surface area contributed by atoms with Crippen LogP contribution in [0.3, 0.4) is 0 Å². The van der Waals surface area contributed by atoms with Gasteiger partial charge in [-0.15, -0.1) is 0 Å². The molecule has 1 N–H and O–H groups in total. The van der Waals surface area contributed by atoms with Crippen LogP contribution in [0, 0.1) is 20.8 Å². The Morgan fingerprint density at radius 1 is 1.11 bits per heavy atom. The van der Waals surface area contributed by atoms with Crippen LogP contribution >= 0.6 is 0 Å². The van der Waals surface area contributed by atoms with E-state index in [9.17, 15) is 0 Å². The summed E-state index contributed by atoms with van der Waals surface area (Å²) in [7, 11) is 0. The lowest BCUT2D eigenvalue weighted by molar-refractivity contribution is 0.867. The fraction of sp³-hybridized carbons (Fsp3) is 0.312. The third kappa shape index (κ3) is 2.70. The number of aryl methyl sites for hydroxylation is 3. The maximum Gasteiger partial charge on any atom is 0.0603 e. The minimum absolute atomic E-state index is 0.285. The Balaban J connectivity index is 2.25. The Bertz CT molecular complexity index is 547. The monoisotopic (exact) mass is 240 g/mol. The zero-order chi connectivity index (χ0) is 13.1. The van der Waals surface area contributed by atoms with E-state index in [4.69, 9.17) is 0 Å². The number of hydrogen-bond acceptors (Lipinski definition) is 2. The molecule has 1 aromatic carbocycles. The smallest absolute Gasteiger partial charge is 0.0603 e. The van der Waals surface area contributed by atoms with Crippen molar-refractivity contribution in [1.29, 1.82) is 0 Å². The summed E-state index contributed by atoms with van der Waals surface area (Å²) in [5.74, 6) is 0. The third-order valence-corrected chi connectivity index (χ3v) is 3.28. The fourth-order valence-corrected chi connectivity index (χ4v) is 2.17. The Labute approximate surface area is 109 Å². The van der Waals surface area contributed by atoms with Gasteiger partial charge < -0.3 is 5.32 Å². The third-order valence-electron chi connectivity index (χ3n) is 3.28. The zero-order valence-electron chi connectivity index (χ0n) is 11.5. The van der Waals surface area contributed by atoms with Crippen LogP contribution in [0.5, 0.6) is 0 Å². The van der Waals surface area contributed by atoms with Crippen LogP contribution in [-0.2, 0) is 0 Å². The molecule has 94 valence electrons. The first-order valence-electron chi connectivity index (χ1n) is 6.33. The molecule has 0 aliphatic carbocycles. The highest BCUT2D eigenvalue weighted by Crippen LogP contribution is 2.24. The number of pyridine rings is 1. The minimum atomic E-state index is 0.285. The molecule has 1 atom stereocenters. The molecule has 2 nitrogen and oxygen atoms in total. The van der Waals surface area contributed by atoms with Crippen LogP contribution in [0.1, 0.15) is 35.3 Å². The van der Waals surface area contributed by atoms with Crippen molar-refractivity contribution in [3.8, 4) is 0 Å². The van der Waals surface area contributed by atoms with Gasteiger partial charge in [0.2, 0.25) is 0 Å². The second-order valence-corrected chi connectivity index (χ2v) is 4.86. The van der Waals surface area contributed by atoms with Gasteiger partial charge in [-0.1, -0.05) is 23.8 Å². The van der Waals surface area contributed by atoms with Crippen molar-refractivity contribution in [3.63, 3.8) is 0 Å². The molecule has 0 bridgehead atoms. The molecule has 2 heteroatoms. The SMILES string of the molecule is Cc1ccc(C)c(C(C)Nc2cccnc2C)c1. The van der Waals surface area contributed by atoms with Gasteiger partial charge in [0.25, 0.3) is 0 Å². The van der Waals surface area contributed by atoms with E-state index in [-0.39, 0.29) is 6.04 Å². The Kier molecular flexibility index (Phi) is 3.66. The molecule has 0 saturated heterocycles. The summed E-state index contributed by atoms with van der Waals surface area (Å²) in [5, 5.41) is 3.53. The summed E-state index contributed by atoms with van der Waals surface area (Å²) in [5.41, 5.74) is 6.10. The molecule has 0 saturated carbocycles. The molecule has 1 unspecified atom stereocenters. The molecular formula is C16H20N2. The maximum absolute atomic E-state index is 4.30. The highest BCUT2D eigenvalue weighted by molar-refractivity contribution is 5.49. The quantitative estimate of drug-likeness (QED) is 0.870. The normalized spacial score (nSPS) is 12.2. The number of hydrogen-bond donors (Lipinski definition) is 1. The average Bonchev–Trinajstić information content (AvgIpc) is 2.35. The minimum Gasteiger partial charge on any atom is -0.377 e. The predicted molar refractivity (Wildman–Crippen MR) is 76.9 cm³/mol. The Hall–Kier alpha value is -1.83. The molecule has 1 heterocycles. The van der Waals surface area contributed by atoms with E-state index in [1.165, 1.54) is 16.7 Å².